The molecule has 0 radical (unpaired) electrons. The van der Waals surface area contributed by atoms with E-state index in [4.69, 9.17) is 9.52 Å². The number of ketones is 1. The van der Waals surface area contributed by atoms with Gasteiger partial charge in [-0.3, -0.25) is 4.79 Å². The van der Waals surface area contributed by atoms with Crippen LogP contribution in [0.3, 0.4) is 0 Å². The lowest BCUT2D eigenvalue weighted by atomic mass is 10.1. The number of halogens is 2. The fraction of sp³-hybridized carbons (Fsp3) is 0.0769. The Labute approximate surface area is 111 Å². The summed E-state index contributed by atoms with van der Waals surface area (Å²) in [5.41, 5.74) is -0.140. The molecule has 0 amide bonds. The molecule has 0 spiro atoms. The predicted octanol–water partition coefficient (Wildman–Crippen LogP) is 2.81. The van der Waals surface area contributed by atoms with Gasteiger partial charge in [-0.05, 0) is 24.3 Å². The van der Waals surface area contributed by atoms with E-state index in [0.717, 1.165) is 12.1 Å². The van der Waals surface area contributed by atoms with Crippen LogP contribution < -0.4 is 4.74 Å². The molecule has 104 valence electrons. The van der Waals surface area contributed by atoms with Crippen LogP contribution in [0, 0.1) is 0 Å². The fourth-order valence-electron chi connectivity index (χ4n) is 1.56. The van der Waals surface area contributed by atoms with E-state index >= 15 is 0 Å². The van der Waals surface area contributed by atoms with Gasteiger partial charge >= 0.3 is 12.6 Å². The zero-order chi connectivity index (χ0) is 14.7. The molecule has 0 aliphatic carbocycles. The van der Waals surface area contributed by atoms with Crippen LogP contribution in [0.5, 0.6) is 5.75 Å². The summed E-state index contributed by atoms with van der Waals surface area (Å²) < 4.78 is 33.5. The van der Waals surface area contributed by atoms with Crippen molar-refractivity contribution in [3.8, 4) is 5.75 Å². The number of carboxylic acids is 1. The van der Waals surface area contributed by atoms with Crippen LogP contribution in [-0.2, 0) is 0 Å². The first-order valence-corrected chi connectivity index (χ1v) is 5.40. The highest BCUT2D eigenvalue weighted by atomic mass is 19.3. The summed E-state index contributed by atoms with van der Waals surface area (Å²) in [5.74, 6) is -3.07. The molecule has 0 unspecified atom stereocenters. The molecular weight excluding hydrogens is 274 g/mol. The molecule has 20 heavy (non-hydrogen) atoms. The van der Waals surface area contributed by atoms with Crippen molar-refractivity contribution >= 4 is 11.8 Å². The zero-order valence-corrected chi connectivity index (χ0v) is 9.88. The van der Waals surface area contributed by atoms with Gasteiger partial charge in [0.15, 0.2) is 5.76 Å². The van der Waals surface area contributed by atoms with Gasteiger partial charge in [-0.25, -0.2) is 4.79 Å². The average molecular weight is 282 g/mol. The highest BCUT2D eigenvalue weighted by molar-refractivity contribution is 6.09. The van der Waals surface area contributed by atoms with Crippen molar-refractivity contribution in [2.75, 3.05) is 0 Å². The molecule has 1 aromatic carbocycles. The van der Waals surface area contributed by atoms with Crippen LogP contribution in [0.2, 0.25) is 0 Å². The van der Waals surface area contributed by atoms with Crippen LogP contribution in [0.4, 0.5) is 8.78 Å². The molecule has 0 atom stereocenters. The van der Waals surface area contributed by atoms with Gasteiger partial charge in [0, 0.05) is 0 Å². The molecule has 0 aliphatic heterocycles. The summed E-state index contributed by atoms with van der Waals surface area (Å²) in [6, 6.07) is 7.65. The molecule has 1 heterocycles. The Morgan fingerprint density at radius 1 is 1.10 bits per heavy atom. The quantitative estimate of drug-likeness (QED) is 0.853. The number of alkyl halides is 2. The van der Waals surface area contributed by atoms with Crippen molar-refractivity contribution in [2.45, 2.75) is 6.61 Å². The third-order valence-corrected chi connectivity index (χ3v) is 2.39. The van der Waals surface area contributed by atoms with Gasteiger partial charge in [-0.15, -0.1) is 0 Å². The number of aromatic carboxylic acids is 1. The summed E-state index contributed by atoms with van der Waals surface area (Å²) in [4.78, 5) is 22.7. The van der Waals surface area contributed by atoms with Crippen molar-refractivity contribution in [1.29, 1.82) is 0 Å². The number of ether oxygens (including phenoxy) is 1. The SMILES string of the molecule is O=C(O)c1ccc(C(=O)c2ccccc2OC(F)F)o1. The lowest BCUT2D eigenvalue weighted by Crippen LogP contribution is -2.08. The number of carbonyl (C=O) groups is 2. The van der Waals surface area contributed by atoms with Gasteiger partial charge in [0.2, 0.25) is 11.5 Å². The van der Waals surface area contributed by atoms with Gasteiger partial charge in [-0.1, -0.05) is 12.1 Å². The minimum absolute atomic E-state index is 0.140. The van der Waals surface area contributed by atoms with Crippen LogP contribution in [-0.4, -0.2) is 23.5 Å². The Bertz CT molecular complexity index is 648. The molecule has 2 rings (SSSR count). The number of carbonyl (C=O) groups excluding carboxylic acids is 1. The van der Waals surface area contributed by atoms with E-state index in [1.165, 1.54) is 24.3 Å². The third-order valence-electron chi connectivity index (χ3n) is 2.39. The number of hydrogen-bond acceptors (Lipinski definition) is 4. The second kappa shape index (κ2) is 5.52. The summed E-state index contributed by atoms with van der Waals surface area (Å²) in [7, 11) is 0. The Balaban J connectivity index is 2.35. The highest BCUT2D eigenvalue weighted by Gasteiger charge is 2.21. The Morgan fingerprint density at radius 2 is 1.75 bits per heavy atom. The molecule has 1 aromatic heterocycles. The average Bonchev–Trinajstić information content (AvgIpc) is 2.87. The van der Waals surface area contributed by atoms with Gasteiger partial charge in [-0.2, -0.15) is 8.78 Å². The van der Waals surface area contributed by atoms with E-state index in [1.54, 1.807) is 0 Å². The fourth-order valence-corrected chi connectivity index (χ4v) is 1.56. The van der Waals surface area contributed by atoms with Crippen LogP contribution in [0.25, 0.3) is 0 Å². The molecule has 2 aromatic rings. The van der Waals surface area contributed by atoms with Gasteiger partial charge < -0.3 is 14.3 Å². The standard InChI is InChI=1S/C13H8F2O5/c14-13(15)20-8-4-2-1-3-7(8)11(16)9-5-6-10(19-9)12(17)18/h1-6,13H,(H,17,18). The van der Waals surface area contributed by atoms with Crippen molar-refractivity contribution in [1.82, 2.24) is 0 Å². The lowest BCUT2D eigenvalue weighted by molar-refractivity contribution is -0.0501. The molecule has 5 nitrogen and oxygen atoms in total. The molecule has 0 saturated heterocycles. The maximum Gasteiger partial charge on any atom is 0.387 e. The molecule has 0 bridgehead atoms. The van der Waals surface area contributed by atoms with E-state index < -0.39 is 24.1 Å². The van der Waals surface area contributed by atoms with E-state index in [2.05, 4.69) is 4.74 Å². The monoisotopic (exact) mass is 282 g/mol. The normalized spacial score (nSPS) is 10.6. The Hall–Kier alpha value is -2.70. The van der Waals surface area contributed by atoms with Crippen molar-refractivity contribution in [3.05, 3.63) is 53.5 Å². The molecule has 0 saturated carbocycles. The third kappa shape index (κ3) is 2.82. The topological polar surface area (TPSA) is 76.7 Å². The summed E-state index contributed by atoms with van der Waals surface area (Å²) in [5, 5.41) is 8.70. The largest absolute Gasteiger partial charge is 0.475 e. The molecule has 1 N–H and O–H groups in total. The number of rotatable bonds is 5. The minimum atomic E-state index is -3.07. The minimum Gasteiger partial charge on any atom is -0.475 e. The van der Waals surface area contributed by atoms with Crippen molar-refractivity contribution < 1.29 is 32.6 Å². The van der Waals surface area contributed by atoms with E-state index in [9.17, 15) is 18.4 Å². The molecule has 0 fully saturated rings. The lowest BCUT2D eigenvalue weighted by Gasteiger charge is -2.08. The number of furan rings is 1. The second-order valence-electron chi connectivity index (χ2n) is 3.67. The van der Waals surface area contributed by atoms with Crippen LogP contribution in [0.1, 0.15) is 26.7 Å². The van der Waals surface area contributed by atoms with Crippen LogP contribution >= 0.6 is 0 Å². The number of hydrogen-bond donors (Lipinski definition) is 1. The molecule has 0 aliphatic rings. The summed E-state index contributed by atoms with van der Waals surface area (Å²) >= 11 is 0. The summed E-state index contributed by atoms with van der Waals surface area (Å²) in [6.07, 6.45) is 0. The van der Waals surface area contributed by atoms with Crippen LogP contribution in [0.15, 0.2) is 40.8 Å². The van der Waals surface area contributed by atoms with Crippen molar-refractivity contribution in [3.63, 3.8) is 0 Å². The first-order chi connectivity index (χ1) is 9.49. The van der Waals surface area contributed by atoms with E-state index in [0.29, 0.717) is 0 Å². The number of para-hydroxylation sites is 1. The van der Waals surface area contributed by atoms with Crippen molar-refractivity contribution in [2.24, 2.45) is 0 Å². The Morgan fingerprint density at radius 3 is 2.35 bits per heavy atom. The van der Waals surface area contributed by atoms with E-state index in [1.807, 2.05) is 0 Å². The maximum absolute atomic E-state index is 12.2. The smallest absolute Gasteiger partial charge is 0.387 e. The molecular formula is C13H8F2O5. The van der Waals surface area contributed by atoms with E-state index in [-0.39, 0.29) is 17.1 Å². The zero-order valence-electron chi connectivity index (χ0n) is 9.88. The molecule has 7 heteroatoms. The van der Waals surface area contributed by atoms with Gasteiger partial charge in [0.25, 0.3) is 0 Å². The summed E-state index contributed by atoms with van der Waals surface area (Å²) in [6.45, 7) is -3.07. The predicted molar refractivity (Wildman–Crippen MR) is 62.2 cm³/mol. The maximum atomic E-state index is 12.2. The first kappa shape index (κ1) is 13.7. The second-order valence-corrected chi connectivity index (χ2v) is 3.67. The number of carboxylic acid groups (broad SMARTS) is 1. The Kier molecular flexibility index (Phi) is 3.79. The first-order valence-electron chi connectivity index (χ1n) is 5.40. The van der Waals surface area contributed by atoms with Gasteiger partial charge in [0.05, 0.1) is 5.56 Å². The number of benzene rings is 1. The van der Waals surface area contributed by atoms with Gasteiger partial charge in [0.1, 0.15) is 5.75 Å². The highest BCUT2D eigenvalue weighted by Crippen LogP contribution is 2.24.